The van der Waals surface area contributed by atoms with E-state index in [1.165, 1.54) is 29.0 Å². The summed E-state index contributed by atoms with van der Waals surface area (Å²) in [6, 6.07) is 18.3. The Balaban J connectivity index is 1.44. The summed E-state index contributed by atoms with van der Waals surface area (Å²) in [6.07, 6.45) is 4.17. The number of nitrogens with zero attached hydrogens (tertiary/aromatic N) is 5. The number of hydrogen-bond acceptors (Lipinski definition) is 5. The molecule has 166 valence electrons. The van der Waals surface area contributed by atoms with Gasteiger partial charge < -0.3 is 4.90 Å². The Bertz CT molecular complexity index is 1290. The van der Waals surface area contributed by atoms with Gasteiger partial charge in [0.05, 0.1) is 10.9 Å². The van der Waals surface area contributed by atoms with E-state index in [4.69, 9.17) is 0 Å². The van der Waals surface area contributed by atoms with Gasteiger partial charge in [0.2, 0.25) is 5.91 Å². The topological polar surface area (TPSA) is 63.9 Å². The van der Waals surface area contributed by atoms with Crippen molar-refractivity contribution >= 4 is 17.7 Å². The fourth-order valence-corrected chi connectivity index (χ4v) is 4.97. The zero-order valence-corrected chi connectivity index (χ0v) is 18.9. The van der Waals surface area contributed by atoms with Gasteiger partial charge in [-0.05, 0) is 48.7 Å². The van der Waals surface area contributed by atoms with Crippen LogP contribution in [0.4, 0.5) is 4.39 Å². The number of fused-ring (bicyclic) bond motifs is 1. The van der Waals surface area contributed by atoms with Crippen molar-refractivity contribution in [1.29, 1.82) is 0 Å². The summed E-state index contributed by atoms with van der Waals surface area (Å²) in [6.45, 7) is 3.14. The highest BCUT2D eigenvalue weighted by atomic mass is 32.2. The molecule has 1 amide bonds. The molecule has 6 nitrogen and oxygen atoms in total. The van der Waals surface area contributed by atoms with Crippen LogP contribution in [-0.4, -0.2) is 42.4 Å². The summed E-state index contributed by atoms with van der Waals surface area (Å²) in [5, 5.41) is 8.69. The van der Waals surface area contributed by atoms with Crippen LogP contribution in [0.25, 0.3) is 17.1 Å². The Morgan fingerprint density at radius 2 is 1.82 bits per heavy atom. The normalized spacial score (nSPS) is 14.1. The SMILES string of the molecule is C[C@@H](Sc1nnc(-c2cccnc2)n1-c1ccccc1F)C(=O)N1CCc2ccccc2C1. The molecular weight excluding hydrogens is 437 g/mol. The second-order valence-corrected chi connectivity index (χ2v) is 9.18. The molecule has 8 heteroatoms. The molecule has 4 aromatic rings. The summed E-state index contributed by atoms with van der Waals surface area (Å²) in [5.41, 5.74) is 3.52. The number of halogens is 1. The van der Waals surface area contributed by atoms with Crippen molar-refractivity contribution < 1.29 is 9.18 Å². The van der Waals surface area contributed by atoms with Crippen molar-refractivity contribution in [3.63, 3.8) is 0 Å². The molecule has 0 saturated carbocycles. The van der Waals surface area contributed by atoms with Crippen molar-refractivity contribution in [3.8, 4) is 17.1 Å². The molecule has 0 bridgehead atoms. The van der Waals surface area contributed by atoms with Gasteiger partial charge in [0.25, 0.3) is 0 Å². The Kier molecular flexibility index (Phi) is 5.92. The quantitative estimate of drug-likeness (QED) is 0.410. The van der Waals surface area contributed by atoms with E-state index in [9.17, 15) is 9.18 Å². The smallest absolute Gasteiger partial charge is 0.236 e. The Hall–Kier alpha value is -3.52. The second kappa shape index (κ2) is 9.15. The van der Waals surface area contributed by atoms with Gasteiger partial charge in [-0.2, -0.15) is 0 Å². The minimum absolute atomic E-state index is 0.0283. The van der Waals surface area contributed by atoms with Gasteiger partial charge >= 0.3 is 0 Å². The fourth-order valence-electron chi connectivity index (χ4n) is 4.03. The number of carbonyl (C=O) groups excluding carboxylic acids is 1. The standard InChI is InChI=1S/C25H22FN5OS/c1-17(24(32)30-14-12-18-7-2-3-8-20(18)16-30)33-25-29-28-23(19-9-6-13-27-15-19)31(25)22-11-5-4-10-21(22)26/h2-11,13,15,17H,12,14,16H2,1H3/t17-/m1/s1. The highest BCUT2D eigenvalue weighted by Crippen LogP contribution is 2.32. The summed E-state index contributed by atoms with van der Waals surface area (Å²) in [7, 11) is 0. The zero-order valence-electron chi connectivity index (χ0n) is 18.1. The van der Waals surface area contributed by atoms with Crippen LogP contribution < -0.4 is 0 Å². The first-order valence-electron chi connectivity index (χ1n) is 10.7. The number of aromatic nitrogens is 4. The number of carbonyl (C=O) groups is 1. The third-order valence-electron chi connectivity index (χ3n) is 5.72. The summed E-state index contributed by atoms with van der Waals surface area (Å²) >= 11 is 1.28. The highest BCUT2D eigenvalue weighted by molar-refractivity contribution is 8.00. The van der Waals surface area contributed by atoms with Crippen LogP contribution in [0.5, 0.6) is 0 Å². The lowest BCUT2D eigenvalue weighted by Crippen LogP contribution is -2.40. The predicted molar refractivity (Wildman–Crippen MR) is 125 cm³/mol. The predicted octanol–water partition coefficient (Wildman–Crippen LogP) is 4.53. The Morgan fingerprint density at radius 3 is 2.61 bits per heavy atom. The number of rotatable bonds is 5. The molecule has 2 aromatic heterocycles. The maximum Gasteiger partial charge on any atom is 0.236 e. The lowest BCUT2D eigenvalue weighted by atomic mass is 10.00. The summed E-state index contributed by atoms with van der Waals surface area (Å²) in [5.74, 6) is 0.110. The van der Waals surface area contributed by atoms with E-state index < -0.39 is 11.1 Å². The third kappa shape index (κ3) is 4.26. The van der Waals surface area contributed by atoms with E-state index >= 15 is 0 Å². The van der Waals surface area contributed by atoms with Gasteiger partial charge in [0, 0.05) is 31.0 Å². The Morgan fingerprint density at radius 1 is 1.03 bits per heavy atom. The molecule has 0 radical (unpaired) electrons. The van der Waals surface area contributed by atoms with Gasteiger partial charge in [-0.15, -0.1) is 10.2 Å². The van der Waals surface area contributed by atoms with Crippen molar-refractivity contribution in [3.05, 3.63) is 90.0 Å². The highest BCUT2D eigenvalue weighted by Gasteiger charge is 2.28. The van der Waals surface area contributed by atoms with E-state index in [1.54, 1.807) is 41.2 Å². The molecule has 0 fully saturated rings. The van der Waals surface area contributed by atoms with Crippen molar-refractivity contribution in [2.24, 2.45) is 0 Å². The van der Waals surface area contributed by atoms with E-state index in [-0.39, 0.29) is 5.91 Å². The molecule has 1 aliphatic rings. The van der Waals surface area contributed by atoms with Crippen LogP contribution in [0.1, 0.15) is 18.1 Å². The van der Waals surface area contributed by atoms with Crippen LogP contribution in [0.15, 0.2) is 78.2 Å². The van der Waals surface area contributed by atoms with Crippen LogP contribution in [0.2, 0.25) is 0 Å². The molecule has 0 unspecified atom stereocenters. The zero-order chi connectivity index (χ0) is 22.8. The van der Waals surface area contributed by atoms with Crippen LogP contribution in [0, 0.1) is 5.82 Å². The number of hydrogen-bond donors (Lipinski definition) is 0. The minimum Gasteiger partial charge on any atom is -0.337 e. The first-order valence-corrected chi connectivity index (χ1v) is 11.6. The van der Waals surface area contributed by atoms with E-state index in [0.717, 1.165) is 6.42 Å². The number of benzene rings is 2. The first-order chi connectivity index (χ1) is 16.1. The van der Waals surface area contributed by atoms with E-state index in [1.807, 2.05) is 30.0 Å². The molecule has 0 aliphatic carbocycles. The Labute approximate surface area is 195 Å². The van der Waals surface area contributed by atoms with Crippen LogP contribution >= 0.6 is 11.8 Å². The lowest BCUT2D eigenvalue weighted by Gasteiger charge is -2.30. The molecule has 3 heterocycles. The molecule has 33 heavy (non-hydrogen) atoms. The van der Waals surface area contributed by atoms with E-state index in [0.29, 0.717) is 35.3 Å². The van der Waals surface area contributed by atoms with Crippen LogP contribution in [-0.2, 0) is 17.8 Å². The van der Waals surface area contributed by atoms with Gasteiger partial charge in [-0.25, -0.2) is 4.39 Å². The molecule has 0 N–H and O–H groups in total. The number of pyridine rings is 1. The summed E-state index contributed by atoms with van der Waals surface area (Å²) < 4.78 is 16.4. The first kappa shape index (κ1) is 21.3. The largest absolute Gasteiger partial charge is 0.337 e. The number of para-hydroxylation sites is 1. The summed E-state index contributed by atoms with van der Waals surface area (Å²) in [4.78, 5) is 19.3. The molecule has 1 aliphatic heterocycles. The van der Waals surface area contributed by atoms with Gasteiger partial charge in [-0.3, -0.25) is 14.3 Å². The van der Waals surface area contributed by atoms with Crippen LogP contribution in [0.3, 0.4) is 0 Å². The molecule has 2 aromatic carbocycles. The average molecular weight is 460 g/mol. The number of thioether (sulfide) groups is 1. The third-order valence-corrected chi connectivity index (χ3v) is 6.75. The number of amides is 1. The van der Waals surface area contributed by atoms with Gasteiger partial charge in [0.15, 0.2) is 11.0 Å². The molecule has 5 rings (SSSR count). The molecule has 1 atom stereocenters. The lowest BCUT2D eigenvalue weighted by molar-refractivity contribution is -0.131. The second-order valence-electron chi connectivity index (χ2n) is 7.87. The average Bonchev–Trinajstić information content (AvgIpc) is 3.27. The monoisotopic (exact) mass is 459 g/mol. The van der Waals surface area contributed by atoms with Crippen molar-refractivity contribution in [1.82, 2.24) is 24.6 Å². The molecule has 0 spiro atoms. The molecular formula is C25H22FN5OS. The van der Waals surface area contributed by atoms with Gasteiger partial charge in [0.1, 0.15) is 5.82 Å². The minimum atomic E-state index is -0.410. The molecule has 0 saturated heterocycles. The maximum absolute atomic E-state index is 14.8. The van der Waals surface area contributed by atoms with Gasteiger partial charge in [-0.1, -0.05) is 48.2 Å². The van der Waals surface area contributed by atoms with Crippen molar-refractivity contribution in [2.75, 3.05) is 6.54 Å². The van der Waals surface area contributed by atoms with Crippen molar-refractivity contribution in [2.45, 2.75) is 30.3 Å². The van der Waals surface area contributed by atoms with E-state index in [2.05, 4.69) is 27.3 Å². The maximum atomic E-state index is 14.8. The fraction of sp³-hybridized carbons (Fsp3) is 0.200.